The zero-order chi connectivity index (χ0) is 11.5. The van der Waals surface area contributed by atoms with E-state index in [1.54, 1.807) is 6.07 Å². The number of hydrogen-bond acceptors (Lipinski definition) is 2. The first-order chi connectivity index (χ1) is 6.89. The summed E-state index contributed by atoms with van der Waals surface area (Å²) in [5.74, 6) is -1.21. The minimum atomic E-state index is -0.831. The number of nitrogens with zero attached hydrogens (tertiary/aromatic N) is 1. The van der Waals surface area contributed by atoms with Gasteiger partial charge in [0.1, 0.15) is 5.82 Å². The number of halogens is 1. The van der Waals surface area contributed by atoms with Gasteiger partial charge in [-0.2, -0.15) is 0 Å². The summed E-state index contributed by atoms with van der Waals surface area (Å²) >= 11 is 0. The summed E-state index contributed by atoms with van der Waals surface area (Å²) in [5, 5.41) is 8.69. The Balaban J connectivity index is 2.68. The van der Waals surface area contributed by atoms with Crippen molar-refractivity contribution >= 4 is 5.97 Å². The van der Waals surface area contributed by atoms with E-state index in [1.165, 1.54) is 6.07 Å². The van der Waals surface area contributed by atoms with Crippen molar-refractivity contribution < 1.29 is 14.3 Å². The topological polar surface area (TPSA) is 50.2 Å². The molecular weight excluding hydrogens is 197 g/mol. The summed E-state index contributed by atoms with van der Waals surface area (Å²) in [6.45, 7) is 3.71. The van der Waals surface area contributed by atoms with Gasteiger partial charge in [-0.3, -0.25) is 9.78 Å². The van der Waals surface area contributed by atoms with E-state index in [4.69, 9.17) is 5.11 Å². The van der Waals surface area contributed by atoms with E-state index in [0.29, 0.717) is 12.1 Å². The lowest BCUT2D eigenvalue weighted by molar-refractivity contribution is -0.139. The molecule has 0 saturated heterocycles. The van der Waals surface area contributed by atoms with Crippen molar-refractivity contribution in [1.29, 1.82) is 0 Å². The van der Waals surface area contributed by atoms with Crippen LogP contribution in [0.25, 0.3) is 0 Å². The number of carboxylic acid groups (broad SMARTS) is 1. The Morgan fingerprint density at radius 2 is 2.20 bits per heavy atom. The largest absolute Gasteiger partial charge is 0.481 e. The average molecular weight is 211 g/mol. The molecule has 1 N–H and O–H groups in total. The highest BCUT2D eigenvalue weighted by atomic mass is 19.1. The smallest absolute Gasteiger partial charge is 0.303 e. The number of aliphatic carboxylic acids is 1. The van der Waals surface area contributed by atoms with Crippen LogP contribution in [0.15, 0.2) is 18.3 Å². The van der Waals surface area contributed by atoms with E-state index in [0.717, 1.165) is 6.20 Å². The predicted molar refractivity (Wildman–Crippen MR) is 53.9 cm³/mol. The fraction of sp³-hybridized carbons (Fsp3) is 0.455. The van der Waals surface area contributed by atoms with Crippen molar-refractivity contribution in [2.75, 3.05) is 0 Å². The molecule has 3 nitrogen and oxygen atoms in total. The van der Waals surface area contributed by atoms with Crippen molar-refractivity contribution in [1.82, 2.24) is 4.98 Å². The second-order valence-corrected chi connectivity index (χ2v) is 4.38. The standard InChI is InChI=1S/C11H14FNO2/c1-11(2,6-10(14)15)5-9-4-3-8(12)7-13-9/h3-4,7H,5-6H2,1-2H3,(H,14,15). The lowest BCUT2D eigenvalue weighted by Crippen LogP contribution is -2.20. The Hall–Kier alpha value is -1.45. The van der Waals surface area contributed by atoms with E-state index >= 15 is 0 Å². The van der Waals surface area contributed by atoms with Gasteiger partial charge in [-0.25, -0.2) is 4.39 Å². The summed E-state index contributed by atoms with van der Waals surface area (Å²) in [5.41, 5.74) is 0.346. The normalized spacial score (nSPS) is 11.4. The second kappa shape index (κ2) is 4.38. The first kappa shape index (κ1) is 11.6. The van der Waals surface area contributed by atoms with E-state index in [-0.39, 0.29) is 17.7 Å². The van der Waals surface area contributed by atoms with Crippen molar-refractivity contribution in [3.8, 4) is 0 Å². The van der Waals surface area contributed by atoms with Crippen molar-refractivity contribution in [3.63, 3.8) is 0 Å². The van der Waals surface area contributed by atoms with Gasteiger partial charge in [0, 0.05) is 5.69 Å². The summed E-state index contributed by atoms with van der Waals surface area (Å²) in [7, 11) is 0. The number of aromatic nitrogens is 1. The molecule has 1 aromatic rings. The zero-order valence-electron chi connectivity index (χ0n) is 8.83. The fourth-order valence-electron chi connectivity index (χ4n) is 1.47. The molecule has 0 amide bonds. The van der Waals surface area contributed by atoms with Crippen LogP contribution in [0.3, 0.4) is 0 Å². The molecular formula is C11H14FNO2. The van der Waals surface area contributed by atoms with Gasteiger partial charge >= 0.3 is 5.97 Å². The number of carbonyl (C=O) groups is 1. The molecule has 4 heteroatoms. The van der Waals surface area contributed by atoms with E-state index in [2.05, 4.69) is 4.98 Å². The van der Waals surface area contributed by atoms with Crippen LogP contribution in [0.4, 0.5) is 4.39 Å². The van der Waals surface area contributed by atoms with Crippen LogP contribution >= 0.6 is 0 Å². The third-order valence-electron chi connectivity index (χ3n) is 2.08. The maximum Gasteiger partial charge on any atom is 0.303 e. The van der Waals surface area contributed by atoms with Gasteiger partial charge in [-0.05, 0) is 24.0 Å². The predicted octanol–water partition coefficient (Wildman–Crippen LogP) is 2.26. The highest BCUT2D eigenvalue weighted by Gasteiger charge is 2.22. The van der Waals surface area contributed by atoms with Gasteiger partial charge < -0.3 is 5.11 Å². The Morgan fingerprint density at radius 3 is 2.67 bits per heavy atom. The van der Waals surface area contributed by atoms with Crippen molar-refractivity contribution in [2.24, 2.45) is 5.41 Å². The van der Waals surface area contributed by atoms with Crippen LogP contribution in [0.2, 0.25) is 0 Å². The van der Waals surface area contributed by atoms with Gasteiger partial charge in [0.05, 0.1) is 12.6 Å². The Labute approximate surface area is 88.0 Å². The molecule has 0 spiro atoms. The Kier molecular flexibility index (Phi) is 3.39. The molecule has 1 rings (SSSR count). The maximum absolute atomic E-state index is 12.6. The number of hydrogen-bond donors (Lipinski definition) is 1. The minimum absolute atomic E-state index is 0.0755. The van der Waals surface area contributed by atoms with Crippen molar-refractivity contribution in [2.45, 2.75) is 26.7 Å². The first-order valence-corrected chi connectivity index (χ1v) is 4.71. The van der Waals surface area contributed by atoms with Gasteiger partial charge in [0.2, 0.25) is 0 Å². The van der Waals surface area contributed by atoms with Gasteiger partial charge in [-0.1, -0.05) is 13.8 Å². The van der Waals surface area contributed by atoms with Crippen LogP contribution in [0.5, 0.6) is 0 Å². The molecule has 0 bridgehead atoms. The quantitative estimate of drug-likeness (QED) is 0.831. The third-order valence-corrected chi connectivity index (χ3v) is 2.08. The highest BCUT2D eigenvalue weighted by Crippen LogP contribution is 2.24. The van der Waals surface area contributed by atoms with E-state index < -0.39 is 5.97 Å². The summed E-state index contributed by atoms with van der Waals surface area (Å²) in [4.78, 5) is 14.5. The summed E-state index contributed by atoms with van der Waals surface area (Å²) in [6, 6.07) is 2.91. The molecule has 1 aromatic heterocycles. The molecule has 0 aliphatic carbocycles. The maximum atomic E-state index is 12.6. The SMILES string of the molecule is CC(C)(CC(=O)O)Cc1ccc(F)cn1. The van der Waals surface area contributed by atoms with Crippen LogP contribution in [-0.4, -0.2) is 16.1 Å². The third kappa shape index (κ3) is 4.06. The lowest BCUT2D eigenvalue weighted by Gasteiger charge is -2.21. The van der Waals surface area contributed by atoms with Crippen molar-refractivity contribution in [3.05, 3.63) is 29.8 Å². The van der Waals surface area contributed by atoms with E-state index in [9.17, 15) is 9.18 Å². The molecule has 82 valence electrons. The average Bonchev–Trinajstić information content (AvgIpc) is 2.06. The molecule has 0 unspecified atom stereocenters. The monoisotopic (exact) mass is 211 g/mol. The molecule has 0 saturated carbocycles. The molecule has 15 heavy (non-hydrogen) atoms. The molecule has 0 aliphatic heterocycles. The minimum Gasteiger partial charge on any atom is -0.481 e. The van der Waals surface area contributed by atoms with Crippen LogP contribution < -0.4 is 0 Å². The van der Waals surface area contributed by atoms with E-state index in [1.807, 2.05) is 13.8 Å². The molecule has 1 heterocycles. The summed E-state index contributed by atoms with van der Waals surface area (Å²) < 4.78 is 12.6. The first-order valence-electron chi connectivity index (χ1n) is 4.71. The molecule has 0 radical (unpaired) electrons. The molecule has 0 aliphatic rings. The highest BCUT2D eigenvalue weighted by molar-refractivity contribution is 5.67. The second-order valence-electron chi connectivity index (χ2n) is 4.38. The van der Waals surface area contributed by atoms with Crippen LogP contribution in [-0.2, 0) is 11.2 Å². The van der Waals surface area contributed by atoms with Gasteiger partial charge in [0.25, 0.3) is 0 Å². The molecule has 0 fully saturated rings. The van der Waals surface area contributed by atoms with Crippen LogP contribution in [0.1, 0.15) is 26.0 Å². The molecule has 0 aromatic carbocycles. The number of carboxylic acids is 1. The Morgan fingerprint density at radius 1 is 1.53 bits per heavy atom. The molecule has 0 atom stereocenters. The van der Waals surface area contributed by atoms with Gasteiger partial charge in [0.15, 0.2) is 0 Å². The number of pyridine rings is 1. The lowest BCUT2D eigenvalue weighted by atomic mass is 9.84. The number of rotatable bonds is 4. The zero-order valence-corrected chi connectivity index (χ0v) is 8.83. The van der Waals surface area contributed by atoms with Gasteiger partial charge in [-0.15, -0.1) is 0 Å². The van der Waals surface area contributed by atoms with Crippen LogP contribution in [0, 0.1) is 11.2 Å². The Bertz CT molecular complexity index is 346. The fourth-order valence-corrected chi connectivity index (χ4v) is 1.47. The summed E-state index contributed by atoms with van der Waals surface area (Å²) in [6.07, 6.45) is 1.75.